The monoisotopic (exact) mass is 451 g/mol. The number of fused-ring (bicyclic) bond motifs is 1. The van der Waals surface area contributed by atoms with Crippen LogP contribution in [0.25, 0.3) is 22.2 Å². The Balaban J connectivity index is 1.36. The molecule has 1 aromatic heterocycles. The highest BCUT2D eigenvalue weighted by molar-refractivity contribution is 6.14. The molecule has 4 aromatic rings. The first-order valence-electron chi connectivity index (χ1n) is 11.3. The first-order valence-corrected chi connectivity index (χ1v) is 11.3. The Hall–Kier alpha value is -4.26. The summed E-state index contributed by atoms with van der Waals surface area (Å²) in [4.78, 5) is 33.0. The van der Waals surface area contributed by atoms with Crippen LogP contribution in [0.3, 0.4) is 0 Å². The molecule has 1 saturated carbocycles. The first-order chi connectivity index (χ1) is 16.6. The Labute approximate surface area is 195 Å². The Morgan fingerprint density at radius 3 is 2.44 bits per heavy atom. The molecule has 0 radical (unpaired) electrons. The molecule has 6 rings (SSSR count). The molecule has 0 spiro atoms. The number of carbonyl (C=O) groups excluding carboxylic acids is 1. The van der Waals surface area contributed by atoms with Crippen LogP contribution in [-0.4, -0.2) is 32.3 Å². The van der Waals surface area contributed by atoms with E-state index in [0.29, 0.717) is 23.7 Å². The van der Waals surface area contributed by atoms with Crippen LogP contribution < -0.4 is 0 Å². The van der Waals surface area contributed by atoms with E-state index in [1.807, 2.05) is 42.5 Å². The van der Waals surface area contributed by atoms with Crippen molar-refractivity contribution in [2.24, 2.45) is 5.16 Å². The molecule has 1 N–H and O–H groups in total. The van der Waals surface area contributed by atoms with Gasteiger partial charge in [-0.3, -0.25) is 0 Å². The van der Waals surface area contributed by atoms with Crippen molar-refractivity contribution in [2.75, 3.05) is 0 Å². The van der Waals surface area contributed by atoms with Crippen LogP contribution in [0.1, 0.15) is 52.5 Å². The van der Waals surface area contributed by atoms with Gasteiger partial charge in [-0.1, -0.05) is 59.8 Å². The molecule has 168 valence electrons. The fraction of sp³-hybridized carbons (Fsp3) is 0.185. The molecule has 1 aliphatic carbocycles. The average Bonchev–Trinajstić information content (AvgIpc) is 3.51. The molecule has 0 saturated heterocycles. The number of hydrogen-bond acceptors (Lipinski definition) is 5. The summed E-state index contributed by atoms with van der Waals surface area (Å²) in [6.45, 7) is 0.545. The topological polar surface area (TPSA) is 93.8 Å². The zero-order valence-electron chi connectivity index (χ0n) is 18.3. The Morgan fingerprint density at radius 1 is 1.00 bits per heavy atom. The van der Waals surface area contributed by atoms with Gasteiger partial charge in [0.25, 0.3) is 0 Å². The van der Waals surface area contributed by atoms with Crippen molar-refractivity contribution in [3.8, 4) is 11.1 Å². The summed E-state index contributed by atoms with van der Waals surface area (Å²) in [5.41, 5.74) is 6.22. The van der Waals surface area contributed by atoms with Gasteiger partial charge in [-0.05, 0) is 41.7 Å². The van der Waals surface area contributed by atoms with E-state index in [0.717, 1.165) is 46.4 Å². The maximum absolute atomic E-state index is 11.9. The van der Waals surface area contributed by atoms with Crippen molar-refractivity contribution in [2.45, 2.75) is 31.7 Å². The van der Waals surface area contributed by atoms with Crippen LogP contribution in [0.15, 0.2) is 71.9 Å². The number of imidazole rings is 1. The molecule has 0 bridgehead atoms. The normalized spacial score (nSPS) is 15.4. The summed E-state index contributed by atoms with van der Waals surface area (Å²) >= 11 is 0. The lowest BCUT2D eigenvalue weighted by Crippen LogP contribution is -2.08. The number of nitrogens with zero attached hydrogens (tertiary/aromatic N) is 3. The predicted octanol–water partition coefficient (Wildman–Crippen LogP) is 4.98. The lowest BCUT2D eigenvalue weighted by Gasteiger charge is -2.12. The van der Waals surface area contributed by atoms with Gasteiger partial charge in [-0.15, -0.1) is 0 Å². The molecule has 0 atom stereocenters. The van der Waals surface area contributed by atoms with Crippen molar-refractivity contribution in [1.29, 1.82) is 0 Å². The van der Waals surface area contributed by atoms with Crippen LogP contribution >= 0.6 is 0 Å². The quantitative estimate of drug-likeness (QED) is 0.418. The molecule has 1 fully saturated rings. The van der Waals surface area contributed by atoms with Crippen molar-refractivity contribution in [1.82, 2.24) is 9.55 Å². The minimum Gasteiger partial charge on any atom is -0.478 e. The number of benzene rings is 3. The summed E-state index contributed by atoms with van der Waals surface area (Å²) < 4.78 is 2.07. The minimum atomic E-state index is -0.946. The lowest BCUT2D eigenvalue weighted by atomic mass is 9.95. The van der Waals surface area contributed by atoms with Gasteiger partial charge in [0.15, 0.2) is 0 Å². The number of hydrogen-bond donors (Lipinski definition) is 1. The van der Waals surface area contributed by atoms with E-state index in [-0.39, 0.29) is 18.0 Å². The second-order valence-electron chi connectivity index (χ2n) is 8.73. The van der Waals surface area contributed by atoms with Crippen LogP contribution in [-0.2, 0) is 16.2 Å². The smallest absolute Gasteiger partial charge is 0.341 e. The number of aromatic carboxylic acids is 1. The van der Waals surface area contributed by atoms with Gasteiger partial charge in [0.2, 0.25) is 0 Å². The van der Waals surface area contributed by atoms with Crippen molar-refractivity contribution < 1.29 is 19.5 Å². The zero-order valence-corrected chi connectivity index (χ0v) is 18.3. The highest BCUT2D eigenvalue weighted by Crippen LogP contribution is 2.41. The number of rotatable bonds is 6. The Morgan fingerprint density at radius 2 is 1.76 bits per heavy atom. The van der Waals surface area contributed by atoms with Gasteiger partial charge in [0.05, 0.1) is 28.7 Å². The van der Waals surface area contributed by atoms with Crippen molar-refractivity contribution in [3.05, 3.63) is 89.2 Å². The van der Waals surface area contributed by atoms with Gasteiger partial charge in [-0.25, -0.2) is 14.6 Å². The zero-order chi connectivity index (χ0) is 23.2. The van der Waals surface area contributed by atoms with Gasteiger partial charge in [0, 0.05) is 18.0 Å². The minimum absolute atomic E-state index is 0.165. The van der Waals surface area contributed by atoms with Crippen molar-refractivity contribution >= 4 is 28.7 Å². The van der Waals surface area contributed by atoms with E-state index in [1.165, 1.54) is 0 Å². The third-order valence-electron chi connectivity index (χ3n) is 6.38. The van der Waals surface area contributed by atoms with E-state index in [1.54, 1.807) is 12.1 Å². The number of oxime groups is 1. The van der Waals surface area contributed by atoms with E-state index in [2.05, 4.69) is 21.9 Å². The molecule has 7 heteroatoms. The molecule has 34 heavy (non-hydrogen) atoms. The SMILES string of the molecule is O=C1CC(c2ccccc2-c2ccc(Cn3c(C4CC4)nc4cccc(C(=O)O)c43)cc2)=NO1. The third-order valence-corrected chi connectivity index (χ3v) is 6.38. The van der Waals surface area contributed by atoms with E-state index in [4.69, 9.17) is 9.82 Å². The van der Waals surface area contributed by atoms with Gasteiger partial charge in [-0.2, -0.15) is 0 Å². The largest absolute Gasteiger partial charge is 0.478 e. The summed E-state index contributed by atoms with van der Waals surface area (Å²) in [6.07, 6.45) is 2.33. The Bertz CT molecular complexity index is 1480. The van der Waals surface area contributed by atoms with E-state index in [9.17, 15) is 14.7 Å². The molecule has 0 amide bonds. The molecule has 0 unspecified atom stereocenters. The van der Waals surface area contributed by atoms with Gasteiger partial charge >= 0.3 is 11.9 Å². The molecule has 7 nitrogen and oxygen atoms in total. The summed E-state index contributed by atoms with van der Waals surface area (Å²) in [6, 6.07) is 21.3. The summed E-state index contributed by atoms with van der Waals surface area (Å²) in [7, 11) is 0. The maximum Gasteiger partial charge on any atom is 0.341 e. The molecular weight excluding hydrogens is 430 g/mol. The van der Waals surface area contributed by atoms with E-state index >= 15 is 0 Å². The number of para-hydroxylation sites is 1. The highest BCUT2D eigenvalue weighted by Gasteiger charge is 2.31. The summed E-state index contributed by atoms with van der Waals surface area (Å²) in [5, 5.41) is 13.7. The Kier molecular flexibility index (Phi) is 4.76. The van der Waals surface area contributed by atoms with Crippen LogP contribution in [0.2, 0.25) is 0 Å². The fourth-order valence-electron chi connectivity index (χ4n) is 4.60. The molecule has 2 aliphatic rings. The van der Waals surface area contributed by atoms with E-state index < -0.39 is 5.97 Å². The lowest BCUT2D eigenvalue weighted by molar-refractivity contribution is -0.140. The van der Waals surface area contributed by atoms with Gasteiger partial charge in [0.1, 0.15) is 5.82 Å². The highest BCUT2D eigenvalue weighted by atomic mass is 16.7. The molecule has 2 heterocycles. The maximum atomic E-state index is 11.9. The van der Waals surface area contributed by atoms with Crippen LogP contribution in [0.5, 0.6) is 0 Å². The third kappa shape index (κ3) is 3.55. The average molecular weight is 451 g/mol. The second-order valence-corrected chi connectivity index (χ2v) is 8.73. The van der Waals surface area contributed by atoms with Crippen LogP contribution in [0, 0.1) is 0 Å². The second kappa shape index (κ2) is 7.95. The molecule has 1 aliphatic heterocycles. The summed E-state index contributed by atoms with van der Waals surface area (Å²) in [5.74, 6) is 0.0533. The van der Waals surface area contributed by atoms with Crippen molar-refractivity contribution in [3.63, 3.8) is 0 Å². The number of aromatic nitrogens is 2. The molecule has 3 aromatic carbocycles. The number of carbonyl (C=O) groups is 2. The molecular formula is C27H21N3O4. The van der Waals surface area contributed by atoms with Crippen LogP contribution in [0.4, 0.5) is 0 Å². The standard InChI is InChI=1S/C27H21N3O4/c31-24-14-23(29-34-24)20-5-2-1-4-19(20)17-10-8-16(9-11-17)15-30-25-21(27(32)33)6-3-7-22(25)28-26(30)18-12-13-18/h1-11,18H,12-15H2,(H,32,33). The predicted molar refractivity (Wildman–Crippen MR) is 127 cm³/mol. The fourth-order valence-corrected chi connectivity index (χ4v) is 4.60. The first kappa shape index (κ1) is 20.4. The van der Waals surface area contributed by atoms with Gasteiger partial charge < -0.3 is 14.5 Å². The number of carboxylic acid groups (broad SMARTS) is 1. The number of carboxylic acids is 1.